The Hall–Kier alpha value is -1.97. The largest absolute Gasteiger partial charge is 0.505 e. The van der Waals surface area contributed by atoms with E-state index in [0.717, 1.165) is 11.0 Å². The monoisotopic (exact) mass is 338 g/mol. The summed E-state index contributed by atoms with van der Waals surface area (Å²) in [7, 11) is 1.38. The summed E-state index contributed by atoms with van der Waals surface area (Å²) in [5, 5.41) is 5.53. The van der Waals surface area contributed by atoms with Crippen LogP contribution in [0.1, 0.15) is 0 Å². The number of para-hydroxylation sites is 1. The summed E-state index contributed by atoms with van der Waals surface area (Å²) >= 11 is -0.470. The lowest BCUT2D eigenvalue weighted by atomic mass is 10.3. The van der Waals surface area contributed by atoms with Crippen LogP contribution < -0.4 is 0 Å². The number of amidine groups is 1. The number of aliphatic imine (C=N–C) groups is 1. The number of phenols is 1. The number of likely N-dealkylation sites (N-methyl/N-ethyl adjacent to an activating group) is 1. The standard InChI is InChI=1S/C12H10F4N2O3S/c1-18-8(19)5-21-11(18)17-6-3-2-4-7(9(6)20)22-12(15,16)10(13)14/h2-4,10,20H,5H2,1H3. The number of aromatic hydroxyl groups is 1. The Morgan fingerprint density at radius 1 is 1.45 bits per heavy atom. The van der Waals surface area contributed by atoms with Gasteiger partial charge in [-0.3, -0.25) is 9.69 Å². The maximum absolute atomic E-state index is 13.1. The number of amides is 1. The summed E-state index contributed by atoms with van der Waals surface area (Å²) in [6, 6.07) is 3.47. The summed E-state index contributed by atoms with van der Waals surface area (Å²) in [6.45, 7) is -0.228. The topological polar surface area (TPSA) is 62.1 Å². The normalized spacial score (nSPS) is 17.5. The lowest BCUT2D eigenvalue weighted by Crippen LogP contribution is -2.24. The van der Waals surface area contributed by atoms with Crippen molar-refractivity contribution in [1.82, 2.24) is 4.90 Å². The molecule has 2 rings (SSSR count). The summed E-state index contributed by atoms with van der Waals surface area (Å²) in [6.07, 6.45) is -3.88. The molecular formula is C12H10F4N2O3S. The van der Waals surface area contributed by atoms with E-state index in [1.807, 2.05) is 0 Å². The second kappa shape index (κ2) is 6.03. The minimum atomic E-state index is -4.35. The number of thioether (sulfide) groups is 1. The molecule has 0 aromatic heterocycles. The summed E-state index contributed by atoms with van der Waals surface area (Å²) in [5.74, 6) is -1.07. The van der Waals surface area contributed by atoms with Crippen LogP contribution >= 0.6 is 11.8 Å². The highest BCUT2D eigenvalue weighted by molar-refractivity contribution is 8.00. The third-order valence-corrected chi connectivity index (χ3v) is 3.68. The molecule has 120 valence electrons. The number of halogens is 4. The van der Waals surface area contributed by atoms with Gasteiger partial charge in [-0.2, -0.15) is 13.8 Å². The van der Waals surface area contributed by atoms with Crippen molar-refractivity contribution in [1.29, 1.82) is 0 Å². The predicted octanol–water partition coefficient (Wildman–Crippen LogP) is 2.82. The van der Waals surface area contributed by atoms with E-state index >= 15 is 0 Å². The number of rotatable bonds is 4. The number of hydrogen-bond acceptors (Lipinski definition) is 5. The van der Waals surface area contributed by atoms with Gasteiger partial charge in [0.2, 0.25) is 0 Å². The number of nitrogens with zero attached hydrogens (tertiary/aromatic N) is 2. The van der Waals surface area contributed by atoms with Crippen LogP contribution in [0, 0.1) is 0 Å². The van der Waals surface area contributed by atoms with Crippen LogP contribution in [0.5, 0.6) is 5.75 Å². The van der Waals surface area contributed by atoms with Crippen molar-refractivity contribution in [2.24, 2.45) is 4.99 Å². The molecule has 10 heteroatoms. The first kappa shape index (κ1) is 16.4. The van der Waals surface area contributed by atoms with Gasteiger partial charge in [-0.05, 0) is 23.9 Å². The number of carbonyl (C=O) groups is 1. The summed E-state index contributed by atoms with van der Waals surface area (Å²) < 4.78 is 55.5. The van der Waals surface area contributed by atoms with Gasteiger partial charge in [0.15, 0.2) is 12.4 Å². The number of ether oxygens (including phenoxy) is 1. The first-order valence-electron chi connectivity index (χ1n) is 5.87. The van der Waals surface area contributed by atoms with E-state index in [9.17, 15) is 27.5 Å². The van der Waals surface area contributed by atoms with Crippen LogP contribution in [0.3, 0.4) is 0 Å². The van der Waals surface area contributed by atoms with E-state index in [2.05, 4.69) is 4.99 Å². The van der Waals surface area contributed by atoms with Gasteiger partial charge in [-0.15, -0.1) is 0 Å². The molecule has 1 aromatic carbocycles. The number of hydrogen-bond donors (Lipinski definition) is 1. The second-order valence-electron chi connectivity index (χ2n) is 4.22. The fourth-order valence-electron chi connectivity index (χ4n) is 1.51. The first-order valence-corrected chi connectivity index (χ1v) is 6.69. The molecule has 1 aliphatic heterocycles. The van der Waals surface area contributed by atoms with Crippen LogP contribution in [0.2, 0.25) is 0 Å². The molecule has 1 aromatic rings. The molecule has 1 heterocycles. The molecule has 0 bridgehead atoms. The van der Waals surface area contributed by atoms with Crippen LogP contribution in [0.25, 0.3) is 0 Å². The van der Waals surface area contributed by atoms with E-state index in [1.54, 1.807) is 0 Å². The summed E-state index contributed by atoms with van der Waals surface area (Å²) in [5.41, 5.74) is -0.174. The molecule has 1 N–H and O–H groups in total. The Kier molecular flexibility index (Phi) is 4.50. The van der Waals surface area contributed by atoms with Crippen molar-refractivity contribution >= 4 is 29.4 Å². The number of alkyl halides is 4. The quantitative estimate of drug-likeness (QED) is 0.677. The van der Waals surface area contributed by atoms with Gasteiger partial charge in [0.25, 0.3) is 11.9 Å². The fourth-order valence-corrected chi connectivity index (χ4v) is 2.24. The van der Waals surface area contributed by atoms with Crippen molar-refractivity contribution < 1.29 is 32.2 Å². The molecule has 1 fully saturated rings. The highest BCUT2D eigenvalue weighted by Crippen LogP contribution is 2.46. The molecule has 0 atom stereocenters. The van der Waals surface area contributed by atoms with E-state index in [4.69, 9.17) is 4.74 Å². The molecule has 0 radical (unpaired) electrons. The Labute approximate surface area is 126 Å². The second-order valence-corrected chi connectivity index (χ2v) is 5.41. The van der Waals surface area contributed by atoms with Gasteiger partial charge in [0.1, 0.15) is 5.69 Å². The van der Waals surface area contributed by atoms with Gasteiger partial charge >= 0.3 is 11.7 Å². The molecule has 0 unspecified atom stereocenters. The van der Waals surface area contributed by atoms with Gasteiger partial charge < -0.3 is 9.84 Å². The SMILES string of the molecule is CN1C(=O)COC1=Nc1cccc(SC(F)(F)C(F)F)c1O. The average Bonchev–Trinajstić information content (AvgIpc) is 2.75. The smallest absolute Gasteiger partial charge is 0.357 e. The molecular weight excluding hydrogens is 328 g/mol. The Morgan fingerprint density at radius 2 is 2.14 bits per heavy atom. The molecule has 22 heavy (non-hydrogen) atoms. The molecule has 0 spiro atoms. The third kappa shape index (κ3) is 3.26. The molecule has 0 saturated carbocycles. The number of carbonyl (C=O) groups excluding carboxylic acids is 1. The molecule has 1 aliphatic rings. The van der Waals surface area contributed by atoms with Gasteiger partial charge in [0, 0.05) is 7.05 Å². The Morgan fingerprint density at radius 3 is 2.68 bits per heavy atom. The first-order chi connectivity index (χ1) is 10.2. The minimum absolute atomic E-state index is 0.122. The van der Waals surface area contributed by atoms with E-state index in [0.29, 0.717) is 0 Å². The van der Waals surface area contributed by atoms with Crippen molar-refractivity contribution in [3.63, 3.8) is 0 Å². The molecule has 1 saturated heterocycles. The molecule has 5 nitrogen and oxygen atoms in total. The lowest BCUT2D eigenvalue weighted by molar-refractivity contribution is -0.124. The molecule has 0 aliphatic carbocycles. The maximum atomic E-state index is 13.1. The van der Waals surface area contributed by atoms with E-state index in [-0.39, 0.29) is 24.2 Å². The Bertz CT molecular complexity index is 624. The van der Waals surface area contributed by atoms with E-state index in [1.165, 1.54) is 19.2 Å². The van der Waals surface area contributed by atoms with Gasteiger partial charge in [-0.1, -0.05) is 6.07 Å². The average molecular weight is 338 g/mol. The van der Waals surface area contributed by atoms with Gasteiger partial charge in [-0.25, -0.2) is 8.78 Å². The van der Waals surface area contributed by atoms with Crippen molar-refractivity contribution in [3.05, 3.63) is 18.2 Å². The van der Waals surface area contributed by atoms with Crippen molar-refractivity contribution in [2.45, 2.75) is 16.6 Å². The minimum Gasteiger partial charge on any atom is -0.505 e. The predicted molar refractivity (Wildman–Crippen MR) is 70.7 cm³/mol. The van der Waals surface area contributed by atoms with Gasteiger partial charge in [0.05, 0.1) is 4.90 Å². The number of benzene rings is 1. The number of phenolic OH excluding ortho intramolecular Hbond substituents is 1. The lowest BCUT2D eigenvalue weighted by Gasteiger charge is -2.15. The van der Waals surface area contributed by atoms with Crippen LogP contribution in [0.4, 0.5) is 23.2 Å². The Balaban J connectivity index is 2.31. The maximum Gasteiger partial charge on any atom is 0.357 e. The summed E-state index contributed by atoms with van der Waals surface area (Å²) in [4.78, 5) is 15.7. The third-order valence-electron chi connectivity index (χ3n) is 2.68. The fraction of sp³-hybridized carbons (Fsp3) is 0.333. The van der Waals surface area contributed by atoms with Crippen LogP contribution in [-0.2, 0) is 9.53 Å². The highest BCUT2D eigenvalue weighted by Gasteiger charge is 2.42. The zero-order chi connectivity index (χ0) is 16.5. The van der Waals surface area contributed by atoms with Crippen molar-refractivity contribution in [3.8, 4) is 5.75 Å². The van der Waals surface area contributed by atoms with Crippen LogP contribution in [-0.4, -0.2) is 47.3 Å². The zero-order valence-corrected chi connectivity index (χ0v) is 11.9. The highest BCUT2D eigenvalue weighted by atomic mass is 32.2. The van der Waals surface area contributed by atoms with Crippen molar-refractivity contribution in [2.75, 3.05) is 13.7 Å². The zero-order valence-electron chi connectivity index (χ0n) is 11.1. The molecule has 1 amide bonds. The van der Waals surface area contributed by atoms with Crippen LogP contribution in [0.15, 0.2) is 28.1 Å². The van der Waals surface area contributed by atoms with E-state index < -0.39 is 34.1 Å².